The molecule has 8 heteroatoms. The molecule has 0 radical (unpaired) electrons. The fourth-order valence-electron chi connectivity index (χ4n) is 4.25. The molecule has 0 aliphatic carbocycles. The average molecular weight is 456 g/mol. The van der Waals surface area contributed by atoms with Crippen LogP contribution in [0, 0.1) is 13.8 Å². The van der Waals surface area contributed by atoms with Gasteiger partial charge in [0, 0.05) is 24.0 Å². The number of amides is 1. The Hall–Kier alpha value is -3.78. The minimum absolute atomic E-state index is 0.0732. The number of anilines is 1. The summed E-state index contributed by atoms with van der Waals surface area (Å²) in [5.74, 6) is 1.01. The van der Waals surface area contributed by atoms with Gasteiger partial charge in [-0.2, -0.15) is 10.1 Å². The van der Waals surface area contributed by atoms with Crippen molar-refractivity contribution in [2.24, 2.45) is 0 Å². The number of fused-ring (bicyclic) bond motifs is 1. The molecule has 1 aliphatic heterocycles. The van der Waals surface area contributed by atoms with Gasteiger partial charge in [-0.05, 0) is 44.2 Å². The molecule has 0 unspecified atom stereocenters. The van der Waals surface area contributed by atoms with Crippen molar-refractivity contribution >= 4 is 33.1 Å². The zero-order valence-corrected chi connectivity index (χ0v) is 19.0. The van der Waals surface area contributed by atoms with Gasteiger partial charge in [-0.3, -0.25) is 4.79 Å². The van der Waals surface area contributed by atoms with Crippen molar-refractivity contribution in [3.05, 3.63) is 77.8 Å². The molecule has 5 aromatic rings. The van der Waals surface area contributed by atoms with Gasteiger partial charge in [0.15, 0.2) is 0 Å². The first-order chi connectivity index (χ1) is 16.1. The van der Waals surface area contributed by atoms with Gasteiger partial charge in [0.25, 0.3) is 0 Å². The SMILES string of the molecule is Cc1ccc(N2C[C@H](c3nc(-c4cc5c(C)nn(-c6ccccc6)c5s4)no3)CC2=O)cc1. The Balaban J connectivity index is 1.29. The third kappa shape index (κ3) is 3.43. The van der Waals surface area contributed by atoms with Gasteiger partial charge in [-0.15, -0.1) is 11.3 Å². The number of hydrogen-bond donors (Lipinski definition) is 0. The van der Waals surface area contributed by atoms with Gasteiger partial charge < -0.3 is 9.42 Å². The molecule has 1 amide bonds. The molecule has 0 saturated carbocycles. The number of aromatic nitrogens is 4. The first-order valence-electron chi connectivity index (χ1n) is 10.8. The van der Waals surface area contributed by atoms with Gasteiger partial charge >= 0.3 is 0 Å². The molecule has 2 aromatic carbocycles. The Morgan fingerprint density at radius 1 is 1.03 bits per heavy atom. The van der Waals surface area contributed by atoms with Crippen LogP contribution in [0.5, 0.6) is 0 Å². The Labute approximate surface area is 194 Å². The van der Waals surface area contributed by atoms with Crippen LogP contribution in [0.3, 0.4) is 0 Å². The second-order valence-corrected chi connectivity index (χ2v) is 9.39. The van der Waals surface area contributed by atoms with E-state index in [0.717, 1.165) is 37.7 Å². The summed E-state index contributed by atoms with van der Waals surface area (Å²) in [7, 11) is 0. The molecule has 1 fully saturated rings. The van der Waals surface area contributed by atoms with Crippen LogP contribution in [0.15, 0.2) is 65.2 Å². The number of aryl methyl sites for hydroxylation is 2. The third-order valence-corrected chi connectivity index (χ3v) is 7.13. The van der Waals surface area contributed by atoms with Crippen LogP contribution in [-0.4, -0.2) is 32.4 Å². The summed E-state index contributed by atoms with van der Waals surface area (Å²) in [6.07, 6.45) is 0.365. The largest absolute Gasteiger partial charge is 0.339 e. The molecule has 33 heavy (non-hydrogen) atoms. The zero-order valence-electron chi connectivity index (χ0n) is 18.2. The van der Waals surface area contributed by atoms with Gasteiger partial charge in [-0.1, -0.05) is 41.1 Å². The van der Waals surface area contributed by atoms with E-state index in [9.17, 15) is 4.79 Å². The molecule has 0 spiro atoms. The van der Waals surface area contributed by atoms with Crippen LogP contribution >= 0.6 is 11.3 Å². The van der Waals surface area contributed by atoms with Crippen LogP contribution in [0.1, 0.15) is 29.5 Å². The summed E-state index contributed by atoms with van der Waals surface area (Å²) >= 11 is 1.59. The van der Waals surface area contributed by atoms with Crippen molar-refractivity contribution in [2.45, 2.75) is 26.2 Å². The van der Waals surface area contributed by atoms with Crippen molar-refractivity contribution < 1.29 is 9.32 Å². The fourth-order valence-corrected chi connectivity index (χ4v) is 5.36. The number of benzene rings is 2. The minimum atomic E-state index is -0.115. The topological polar surface area (TPSA) is 77.1 Å². The molecular formula is C25H21N5O2S. The zero-order chi connectivity index (χ0) is 22.5. The van der Waals surface area contributed by atoms with Crippen molar-refractivity contribution in [1.29, 1.82) is 0 Å². The van der Waals surface area contributed by atoms with Gasteiger partial charge in [0.1, 0.15) is 4.83 Å². The van der Waals surface area contributed by atoms with Crippen LogP contribution in [0.25, 0.3) is 26.6 Å². The number of carbonyl (C=O) groups is 1. The van der Waals surface area contributed by atoms with E-state index in [1.165, 1.54) is 0 Å². The van der Waals surface area contributed by atoms with Gasteiger partial charge in [0.05, 0.1) is 22.2 Å². The van der Waals surface area contributed by atoms with Crippen LogP contribution in [-0.2, 0) is 4.79 Å². The van der Waals surface area contributed by atoms with Crippen LogP contribution in [0.4, 0.5) is 5.69 Å². The number of rotatable bonds is 4. The molecule has 6 rings (SSSR count). The summed E-state index contributed by atoms with van der Waals surface area (Å²) in [5.41, 5.74) is 4.03. The highest BCUT2D eigenvalue weighted by molar-refractivity contribution is 7.21. The van der Waals surface area contributed by atoms with E-state index in [4.69, 9.17) is 9.62 Å². The van der Waals surface area contributed by atoms with E-state index in [1.54, 1.807) is 16.2 Å². The number of para-hydroxylation sites is 1. The average Bonchev–Trinajstić information content (AvgIpc) is 3.59. The molecule has 7 nitrogen and oxygen atoms in total. The summed E-state index contributed by atoms with van der Waals surface area (Å²) < 4.78 is 7.57. The Morgan fingerprint density at radius 2 is 1.82 bits per heavy atom. The highest BCUT2D eigenvalue weighted by atomic mass is 32.1. The van der Waals surface area contributed by atoms with E-state index >= 15 is 0 Å². The molecule has 1 atom stereocenters. The predicted octanol–water partition coefficient (Wildman–Crippen LogP) is 5.27. The van der Waals surface area contributed by atoms with E-state index in [0.29, 0.717) is 24.7 Å². The lowest BCUT2D eigenvalue weighted by atomic mass is 10.1. The minimum Gasteiger partial charge on any atom is -0.339 e. The Kier molecular flexibility index (Phi) is 4.62. The van der Waals surface area contributed by atoms with Crippen molar-refractivity contribution in [3.63, 3.8) is 0 Å². The number of nitrogens with zero attached hydrogens (tertiary/aromatic N) is 5. The van der Waals surface area contributed by atoms with Crippen molar-refractivity contribution in [1.82, 2.24) is 19.9 Å². The van der Waals surface area contributed by atoms with E-state index < -0.39 is 0 Å². The normalized spacial score (nSPS) is 16.2. The lowest BCUT2D eigenvalue weighted by molar-refractivity contribution is -0.117. The monoisotopic (exact) mass is 455 g/mol. The van der Waals surface area contributed by atoms with E-state index in [2.05, 4.69) is 16.2 Å². The predicted molar refractivity (Wildman–Crippen MR) is 128 cm³/mol. The smallest absolute Gasteiger partial charge is 0.232 e. The fraction of sp³-hybridized carbons (Fsp3) is 0.200. The summed E-state index contributed by atoms with van der Waals surface area (Å²) in [6, 6.07) is 20.1. The quantitative estimate of drug-likeness (QED) is 0.369. The third-order valence-electron chi connectivity index (χ3n) is 6.03. The maximum absolute atomic E-state index is 12.6. The number of thiophene rings is 1. The molecule has 4 heterocycles. The first kappa shape index (κ1) is 19.9. The second-order valence-electron chi connectivity index (χ2n) is 8.36. The highest BCUT2D eigenvalue weighted by Gasteiger charge is 2.35. The van der Waals surface area contributed by atoms with E-state index in [1.807, 2.05) is 73.1 Å². The van der Waals surface area contributed by atoms with Crippen molar-refractivity contribution in [3.8, 4) is 16.4 Å². The number of hydrogen-bond acceptors (Lipinski definition) is 6. The summed E-state index contributed by atoms with van der Waals surface area (Å²) in [6.45, 7) is 4.58. The van der Waals surface area contributed by atoms with Gasteiger partial charge in [0.2, 0.25) is 17.6 Å². The van der Waals surface area contributed by atoms with Gasteiger partial charge in [-0.25, -0.2) is 4.68 Å². The lowest BCUT2D eigenvalue weighted by Gasteiger charge is -2.16. The Morgan fingerprint density at radius 3 is 2.61 bits per heavy atom. The summed E-state index contributed by atoms with van der Waals surface area (Å²) in [4.78, 5) is 21.1. The molecule has 0 bridgehead atoms. The molecule has 3 aromatic heterocycles. The van der Waals surface area contributed by atoms with E-state index in [-0.39, 0.29) is 11.8 Å². The summed E-state index contributed by atoms with van der Waals surface area (Å²) in [5, 5.41) is 10.0. The molecule has 0 N–H and O–H groups in total. The lowest BCUT2D eigenvalue weighted by Crippen LogP contribution is -2.24. The molecular weight excluding hydrogens is 434 g/mol. The second kappa shape index (κ2) is 7.67. The van der Waals surface area contributed by atoms with Crippen molar-refractivity contribution in [2.75, 3.05) is 11.4 Å². The molecule has 1 aliphatic rings. The number of carbonyl (C=O) groups excluding carboxylic acids is 1. The maximum Gasteiger partial charge on any atom is 0.232 e. The molecule has 164 valence electrons. The standard InChI is InChI=1S/C25H21N5O2S/c1-15-8-10-18(11-9-15)29-14-17(12-22(29)31)24-26-23(28-32-24)21-13-20-16(2)27-30(25(20)33-21)19-6-4-3-5-7-19/h3-11,13,17H,12,14H2,1-2H3/t17-/m1/s1. The van der Waals surface area contributed by atoms with Crippen LogP contribution in [0.2, 0.25) is 0 Å². The first-order valence-corrected chi connectivity index (χ1v) is 11.6. The Bertz CT molecular complexity index is 1470. The van der Waals surface area contributed by atoms with Crippen LogP contribution < -0.4 is 4.90 Å². The highest BCUT2D eigenvalue weighted by Crippen LogP contribution is 2.37. The maximum atomic E-state index is 12.6. The molecule has 1 saturated heterocycles.